The van der Waals surface area contributed by atoms with E-state index < -0.39 is 0 Å². The van der Waals surface area contributed by atoms with Gasteiger partial charge in [-0.05, 0) is 45.8 Å². The smallest absolute Gasteiger partial charge is 0.316 e. The molecular formula is C11H22N4O. The fraction of sp³-hybridized carbons (Fsp3) is 0.909. The molecule has 92 valence electrons. The van der Waals surface area contributed by atoms with Crippen LogP contribution in [0.2, 0.25) is 0 Å². The summed E-state index contributed by atoms with van der Waals surface area (Å²) in [6.07, 6.45) is 4.69. The summed E-state index contributed by atoms with van der Waals surface area (Å²) in [6.45, 7) is 3.05. The van der Waals surface area contributed by atoms with Crippen LogP contribution in [0.4, 0.5) is 4.79 Å². The van der Waals surface area contributed by atoms with Crippen molar-refractivity contribution in [3.63, 3.8) is 0 Å². The number of nitrogens with zero attached hydrogens (tertiary/aromatic N) is 1. The molecule has 2 fully saturated rings. The van der Waals surface area contributed by atoms with Crippen molar-refractivity contribution < 1.29 is 4.79 Å². The lowest BCUT2D eigenvalue weighted by molar-refractivity contribution is 0.211. The Labute approximate surface area is 96.9 Å². The van der Waals surface area contributed by atoms with Crippen molar-refractivity contribution in [1.82, 2.24) is 20.9 Å². The Morgan fingerprint density at radius 3 is 2.81 bits per heavy atom. The number of carbonyl (C=O) groups excluding carboxylic acids is 1. The molecule has 0 aromatic rings. The average Bonchev–Trinajstić information content (AvgIpc) is 2.66. The van der Waals surface area contributed by atoms with E-state index in [2.05, 4.69) is 27.9 Å². The Balaban J connectivity index is 1.70. The van der Waals surface area contributed by atoms with Crippen LogP contribution in [0.5, 0.6) is 0 Å². The summed E-state index contributed by atoms with van der Waals surface area (Å²) < 4.78 is 0. The predicted octanol–water partition coefficient (Wildman–Crippen LogP) is 0.0893. The van der Waals surface area contributed by atoms with E-state index in [0.29, 0.717) is 6.04 Å². The standard InChI is InChI=1S/C11H22N4O/c1-15-7-3-5-10(15)14-11(16)13-9-4-2-6-12-8-9/h9-10,12H,2-8H2,1H3,(H2,13,14,16). The van der Waals surface area contributed by atoms with Gasteiger partial charge in [-0.15, -0.1) is 0 Å². The summed E-state index contributed by atoms with van der Waals surface area (Å²) in [6, 6.07) is 0.271. The normalized spacial score (nSPS) is 31.3. The van der Waals surface area contributed by atoms with Gasteiger partial charge in [0.1, 0.15) is 0 Å². The van der Waals surface area contributed by atoms with E-state index in [1.54, 1.807) is 0 Å². The molecule has 0 aliphatic carbocycles. The molecule has 5 nitrogen and oxygen atoms in total. The number of likely N-dealkylation sites (tertiary alicyclic amines) is 1. The molecule has 0 aromatic heterocycles. The van der Waals surface area contributed by atoms with Gasteiger partial charge < -0.3 is 16.0 Å². The van der Waals surface area contributed by atoms with Gasteiger partial charge in [0.25, 0.3) is 0 Å². The first-order valence-corrected chi connectivity index (χ1v) is 6.23. The van der Waals surface area contributed by atoms with Crippen LogP contribution >= 0.6 is 0 Å². The van der Waals surface area contributed by atoms with Crippen LogP contribution in [0.15, 0.2) is 0 Å². The third-order valence-electron chi connectivity index (χ3n) is 3.45. The van der Waals surface area contributed by atoms with Crippen molar-refractivity contribution in [2.24, 2.45) is 0 Å². The molecule has 3 N–H and O–H groups in total. The zero-order chi connectivity index (χ0) is 11.4. The predicted molar refractivity (Wildman–Crippen MR) is 63.2 cm³/mol. The molecular weight excluding hydrogens is 204 g/mol. The van der Waals surface area contributed by atoms with Crippen molar-refractivity contribution in [2.75, 3.05) is 26.7 Å². The lowest BCUT2D eigenvalue weighted by Crippen LogP contribution is -2.53. The SMILES string of the molecule is CN1CCCC1NC(=O)NC1CCCNC1. The summed E-state index contributed by atoms with van der Waals surface area (Å²) >= 11 is 0. The average molecular weight is 226 g/mol. The Hall–Kier alpha value is -0.810. The Morgan fingerprint density at radius 1 is 1.31 bits per heavy atom. The van der Waals surface area contributed by atoms with Gasteiger partial charge in [-0.1, -0.05) is 0 Å². The second-order valence-electron chi connectivity index (χ2n) is 4.80. The second-order valence-corrected chi connectivity index (χ2v) is 4.80. The number of urea groups is 1. The summed E-state index contributed by atoms with van der Waals surface area (Å²) in [4.78, 5) is 13.9. The van der Waals surface area contributed by atoms with Gasteiger partial charge in [-0.2, -0.15) is 0 Å². The maximum Gasteiger partial charge on any atom is 0.316 e. The molecule has 2 amide bonds. The molecule has 0 saturated carbocycles. The van der Waals surface area contributed by atoms with Gasteiger partial charge in [-0.3, -0.25) is 4.90 Å². The van der Waals surface area contributed by atoms with Gasteiger partial charge in [-0.25, -0.2) is 4.79 Å². The molecule has 0 radical (unpaired) electrons. The molecule has 2 unspecified atom stereocenters. The van der Waals surface area contributed by atoms with Crippen LogP contribution in [0.3, 0.4) is 0 Å². The van der Waals surface area contributed by atoms with Crippen LogP contribution < -0.4 is 16.0 Å². The van der Waals surface area contributed by atoms with E-state index in [1.165, 1.54) is 6.42 Å². The Bertz CT molecular complexity index is 240. The molecule has 0 aromatic carbocycles. The van der Waals surface area contributed by atoms with Crippen LogP contribution in [0.1, 0.15) is 25.7 Å². The Kier molecular flexibility index (Phi) is 4.01. The first-order valence-electron chi connectivity index (χ1n) is 6.23. The molecule has 2 atom stereocenters. The van der Waals surface area contributed by atoms with Crippen molar-refractivity contribution >= 4 is 6.03 Å². The molecule has 2 saturated heterocycles. The molecule has 5 heteroatoms. The van der Waals surface area contributed by atoms with Crippen LogP contribution in [0.25, 0.3) is 0 Å². The molecule has 0 bridgehead atoms. The minimum Gasteiger partial charge on any atom is -0.334 e. The summed E-state index contributed by atoms with van der Waals surface area (Å²) in [5.74, 6) is 0. The van der Waals surface area contributed by atoms with Crippen LogP contribution in [-0.4, -0.2) is 49.8 Å². The summed E-state index contributed by atoms with van der Waals surface area (Å²) in [5.41, 5.74) is 0. The highest BCUT2D eigenvalue weighted by Crippen LogP contribution is 2.11. The van der Waals surface area contributed by atoms with E-state index in [4.69, 9.17) is 0 Å². The van der Waals surface area contributed by atoms with Crippen molar-refractivity contribution in [2.45, 2.75) is 37.9 Å². The van der Waals surface area contributed by atoms with E-state index in [0.717, 1.165) is 38.9 Å². The second kappa shape index (κ2) is 5.50. The molecule has 2 aliphatic rings. The van der Waals surface area contributed by atoms with Gasteiger partial charge in [0.05, 0.1) is 6.17 Å². The topological polar surface area (TPSA) is 56.4 Å². The zero-order valence-corrected chi connectivity index (χ0v) is 9.96. The maximum atomic E-state index is 11.7. The fourth-order valence-electron chi connectivity index (χ4n) is 2.45. The third-order valence-corrected chi connectivity index (χ3v) is 3.45. The number of hydrogen-bond donors (Lipinski definition) is 3. The fourth-order valence-corrected chi connectivity index (χ4v) is 2.45. The minimum absolute atomic E-state index is 0.0209. The summed E-state index contributed by atoms with van der Waals surface area (Å²) in [7, 11) is 2.06. The highest BCUT2D eigenvalue weighted by Gasteiger charge is 2.23. The van der Waals surface area contributed by atoms with Gasteiger partial charge in [0.2, 0.25) is 0 Å². The molecule has 2 heterocycles. The molecule has 0 spiro atoms. The van der Waals surface area contributed by atoms with Crippen LogP contribution in [-0.2, 0) is 0 Å². The third kappa shape index (κ3) is 3.09. The summed E-state index contributed by atoms with van der Waals surface area (Å²) in [5, 5.41) is 9.34. The quantitative estimate of drug-likeness (QED) is 0.625. The van der Waals surface area contributed by atoms with E-state index >= 15 is 0 Å². The van der Waals surface area contributed by atoms with Gasteiger partial charge in [0.15, 0.2) is 0 Å². The van der Waals surface area contributed by atoms with E-state index in [-0.39, 0.29) is 12.2 Å². The molecule has 16 heavy (non-hydrogen) atoms. The number of piperidine rings is 1. The Morgan fingerprint density at radius 2 is 2.19 bits per heavy atom. The largest absolute Gasteiger partial charge is 0.334 e. The lowest BCUT2D eigenvalue weighted by atomic mass is 10.1. The van der Waals surface area contributed by atoms with E-state index in [9.17, 15) is 4.79 Å². The number of amides is 2. The first-order chi connectivity index (χ1) is 7.75. The van der Waals surface area contributed by atoms with Crippen molar-refractivity contribution in [3.8, 4) is 0 Å². The van der Waals surface area contributed by atoms with Crippen molar-refractivity contribution in [1.29, 1.82) is 0 Å². The maximum absolute atomic E-state index is 11.7. The molecule has 2 rings (SSSR count). The highest BCUT2D eigenvalue weighted by molar-refractivity contribution is 5.74. The number of nitrogens with one attached hydrogen (secondary N) is 3. The van der Waals surface area contributed by atoms with Crippen molar-refractivity contribution in [3.05, 3.63) is 0 Å². The van der Waals surface area contributed by atoms with E-state index in [1.807, 2.05) is 0 Å². The highest BCUT2D eigenvalue weighted by atomic mass is 16.2. The number of hydrogen-bond acceptors (Lipinski definition) is 3. The monoisotopic (exact) mass is 226 g/mol. The molecule has 2 aliphatic heterocycles. The lowest BCUT2D eigenvalue weighted by Gasteiger charge is -2.26. The van der Waals surface area contributed by atoms with Crippen LogP contribution in [0, 0.1) is 0 Å². The first kappa shape index (κ1) is 11.7. The van der Waals surface area contributed by atoms with Gasteiger partial charge >= 0.3 is 6.03 Å². The zero-order valence-electron chi connectivity index (χ0n) is 9.96. The van der Waals surface area contributed by atoms with Gasteiger partial charge in [0, 0.05) is 12.6 Å². The minimum atomic E-state index is -0.0209. The number of rotatable bonds is 2. The number of carbonyl (C=O) groups is 1.